The molecule has 0 saturated heterocycles. The molecule has 27 heavy (non-hydrogen) atoms. The van der Waals surface area contributed by atoms with Gasteiger partial charge in [-0.3, -0.25) is 0 Å². The number of likely N-dealkylation sites (N-methyl/N-ethyl adjacent to an activating group) is 1. The van der Waals surface area contributed by atoms with E-state index >= 15 is 0 Å². The molecule has 4 nitrogen and oxygen atoms in total. The summed E-state index contributed by atoms with van der Waals surface area (Å²) >= 11 is 0. The largest absolute Gasteiger partial charge is 0.423 e. The summed E-state index contributed by atoms with van der Waals surface area (Å²) in [5.41, 5.74) is 5.69. The first kappa shape index (κ1) is 17.3. The van der Waals surface area contributed by atoms with Crippen LogP contribution in [0.1, 0.15) is 17.5 Å². The Balaban J connectivity index is 1.49. The highest BCUT2D eigenvalue weighted by molar-refractivity contribution is 5.70. The van der Waals surface area contributed by atoms with E-state index in [4.69, 9.17) is 4.42 Å². The van der Waals surface area contributed by atoms with Gasteiger partial charge < -0.3 is 14.6 Å². The third-order valence-electron chi connectivity index (χ3n) is 4.83. The average Bonchev–Trinajstić information content (AvgIpc) is 3.17. The molecule has 1 aliphatic rings. The molecule has 0 spiro atoms. The maximum absolute atomic E-state index is 5.88. The van der Waals surface area contributed by atoms with Crippen molar-refractivity contribution in [1.82, 2.24) is 9.88 Å². The molecule has 2 aromatic carbocycles. The number of benzene rings is 2. The summed E-state index contributed by atoms with van der Waals surface area (Å²) in [7, 11) is 2.15. The fraction of sp³-hybridized carbons (Fsp3) is 0.174. The lowest BCUT2D eigenvalue weighted by atomic mass is 9.98. The molecule has 4 heteroatoms. The van der Waals surface area contributed by atoms with Crippen LogP contribution >= 0.6 is 0 Å². The van der Waals surface area contributed by atoms with Crippen molar-refractivity contribution >= 4 is 23.4 Å². The summed E-state index contributed by atoms with van der Waals surface area (Å²) < 4.78 is 5.88. The normalized spacial score (nSPS) is 14.6. The third-order valence-corrected chi connectivity index (χ3v) is 4.83. The van der Waals surface area contributed by atoms with E-state index in [1.54, 1.807) is 6.20 Å². The summed E-state index contributed by atoms with van der Waals surface area (Å²) in [6, 6.07) is 16.9. The quantitative estimate of drug-likeness (QED) is 0.659. The SMILES string of the molecule is C=Cc1cccc(Nc2ncc(-c3ccc(C4=CCN(C)CC4)cc3)o2)c1. The minimum absolute atomic E-state index is 0.480. The van der Waals surface area contributed by atoms with Crippen LogP contribution in [-0.2, 0) is 0 Å². The lowest BCUT2D eigenvalue weighted by Gasteiger charge is -2.22. The molecule has 0 fully saturated rings. The van der Waals surface area contributed by atoms with Crippen LogP contribution in [-0.4, -0.2) is 30.0 Å². The van der Waals surface area contributed by atoms with Crippen LogP contribution in [0.5, 0.6) is 0 Å². The standard InChI is InChI=1S/C23H23N3O/c1-3-17-5-4-6-21(15-17)25-23-24-16-22(27-23)20-9-7-18(8-10-20)19-11-13-26(2)14-12-19/h3-11,15-16H,1,12-14H2,2H3,(H,24,25). The molecule has 3 aromatic rings. The van der Waals surface area contributed by atoms with Crippen LogP contribution < -0.4 is 5.32 Å². The lowest BCUT2D eigenvalue weighted by Crippen LogP contribution is -2.23. The van der Waals surface area contributed by atoms with Crippen molar-refractivity contribution in [2.24, 2.45) is 0 Å². The maximum Gasteiger partial charge on any atom is 0.299 e. The monoisotopic (exact) mass is 357 g/mol. The van der Waals surface area contributed by atoms with Gasteiger partial charge in [0.05, 0.1) is 6.20 Å². The summed E-state index contributed by atoms with van der Waals surface area (Å²) in [5, 5.41) is 3.20. The van der Waals surface area contributed by atoms with Gasteiger partial charge in [0.25, 0.3) is 6.01 Å². The van der Waals surface area contributed by atoms with Crippen LogP contribution in [0.4, 0.5) is 11.7 Å². The van der Waals surface area contributed by atoms with Crippen LogP contribution in [0.2, 0.25) is 0 Å². The summed E-state index contributed by atoms with van der Waals surface area (Å²) in [4.78, 5) is 6.67. The average molecular weight is 357 g/mol. The van der Waals surface area contributed by atoms with E-state index in [1.807, 2.05) is 30.3 Å². The molecule has 0 radical (unpaired) electrons. The predicted octanol–water partition coefficient (Wildman–Crippen LogP) is 5.45. The molecule has 0 unspecified atom stereocenters. The molecule has 0 saturated carbocycles. The van der Waals surface area contributed by atoms with Crippen molar-refractivity contribution in [2.75, 3.05) is 25.5 Å². The Bertz CT molecular complexity index is 969. The number of nitrogens with one attached hydrogen (secondary N) is 1. The Hall–Kier alpha value is -3.11. The lowest BCUT2D eigenvalue weighted by molar-refractivity contribution is 0.370. The Kier molecular flexibility index (Phi) is 4.90. The van der Waals surface area contributed by atoms with Gasteiger partial charge in [0.2, 0.25) is 0 Å². The van der Waals surface area contributed by atoms with Crippen LogP contribution in [0.15, 0.2) is 71.8 Å². The predicted molar refractivity (Wildman–Crippen MR) is 112 cm³/mol. The molecule has 2 heterocycles. The van der Waals surface area contributed by atoms with E-state index in [0.717, 1.165) is 42.1 Å². The van der Waals surface area contributed by atoms with Crippen molar-refractivity contribution in [3.63, 3.8) is 0 Å². The van der Waals surface area contributed by atoms with E-state index in [2.05, 4.69) is 59.2 Å². The van der Waals surface area contributed by atoms with Gasteiger partial charge in [0, 0.05) is 24.3 Å². The number of aromatic nitrogens is 1. The van der Waals surface area contributed by atoms with Gasteiger partial charge in [0.1, 0.15) is 0 Å². The van der Waals surface area contributed by atoms with Gasteiger partial charge in [-0.25, -0.2) is 4.98 Å². The molecule has 0 amide bonds. The van der Waals surface area contributed by atoms with Gasteiger partial charge in [-0.1, -0.05) is 55.1 Å². The zero-order valence-electron chi connectivity index (χ0n) is 15.5. The van der Waals surface area contributed by atoms with E-state index < -0.39 is 0 Å². The molecule has 0 atom stereocenters. The fourth-order valence-electron chi connectivity index (χ4n) is 3.21. The molecule has 1 aliphatic heterocycles. The van der Waals surface area contributed by atoms with Crippen molar-refractivity contribution < 1.29 is 4.42 Å². The van der Waals surface area contributed by atoms with Gasteiger partial charge in [0.15, 0.2) is 5.76 Å². The maximum atomic E-state index is 5.88. The first-order valence-corrected chi connectivity index (χ1v) is 9.15. The number of hydrogen-bond donors (Lipinski definition) is 1. The zero-order chi connectivity index (χ0) is 18.6. The van der Waals surface area contributed by atoms with Crippen molar-refractivity contribution in [1.29, 1.82) is 0 Å². The van der Waals surface area contributed by atoms with E-state index in [1.165, 1.54) is 11.1 Å². The van der Waals surface area contributed by atoms with E-state index in [-0.39, 0.29) is 0 Å². The highest BCUT2D eigenvalue weighted by Crippen LogP contribution is 2.28. The molecule has 4 rings (SSSR count). The smallest absolute Gasteiger partial charge is 0.299 e. The molecule has 1 aromatic heterocycles. The first-order chi connectivity index (χ1) is 13.2. The fourth-order valence-corrected chi connectivity index (χ4v) is 3.21. The Labute approximate surface area is 159 Å². The highest BCUT2D eigenvalue weighted by atomic mass is 16.4. The second kappa shape index (κ2) is 7.64. The molecule has 0 aliphatic carbocycles. The molecular weight excluding hydrogens is 334 g/mol. The van der Waals surface area contributed by atoms with Gasteiger partial charge in [-0.05, 0) is 42.3 Å². The second-order valence-corrected chi connectivity index (χ2v) is 6.80. The summed E-state index contributed by atoms with van der Waals surface area (Å²) in [5.74, 6) is 0.751. The number of anilines is 2. The van der Waals surface area contributed by atoms with Crippen molar-refractivity contribution in [2.45, 2.75) is 6.42 Å². The van der Waals surface area contributed by atoms with Crippen LogP contribution in [0.3, 0.4) is 0 Å². The zero-order valence-corrected chi connectivity index (χ0v) is 15.5. The number of hydrogen-bond acceptors (Lipinski definition) is 4. The summed E-state index contributed by atoms with van der Waals surface area (Å²) in [6.45, 7) is 5.92. The highest BCUT2D eigenvalue weighted by Gasteiger charge is 2.11. The minimum atomic E-state index is 0.480. The first-order valence-electron chi connectivity index (χ1n) is 9.15. The van der Waals surface area contributed by atoms with E-state index in [0.29, 0.717) is 6.01 Å². The molecule has 136 valence electrons. The van der Waals surface area contributed by atoms with Gasteiger partial charge in [-0.15, -0.1) is 0 Å². The van der Waals surface area contributed by atoms with Crippen molar-refractivity contribution in [3.8, 4) is 11.3 Å². The van der Waals surface area contributed by atoms with Crippen molar-refractivity contribution in [3.05, 3.63) is 78.5 Å². The second-order valence-electron chi connectivity index (χ2n) is 6.80. The summed E-state index contributed by atoms with van der Waals surface area (Å²) in [6.07, 6.45) is 6.97. The van der Waals surface area contributed by atoms with Crippen LogP contribution in [0, 0.1) is 0 Å². The van der Waals surface area contributed by atoms with Gasteiger partial charge >= 0.3 is 0 Å². The molecule has 0 bridgehead atoms. The van der Waals surface area contributed by atoms with E-state index in [9.17, 15) is 0 Å². The number of nitrogens with zero attached hydrogens (tertiary/aromatic N) is 2. The number of rotatable bonds is 5. The topological polar surface area (TPSA) is 41.3 Å². The Morgan fingerprint density at radius 1 is 1.15 bits per heavy atom. The van der Waals surface area contributed by atoms with Gasteiger partial charge in [-0.2, -0.15) is 0 Å². The van der Waals surface area contributed by atoms with Crippen LogP contribution in [0.25, 0.3) is 23.0 Å². The minimum Gasteiger partial charge on any atom is -0.423 e. The number of oxazole rings is 1. The Morgan fingerprint density at radius 3 is 2.70 bits per heavy atom. The Morgan fingerprint density at radius 2 is 1.96 bits per heavy atom. The molecule has 1 N–H and O–H groups in total. The third kappa shape index (κ3) is 4.01. The molecular formula is C23H23N3O.